The lowest BCUT2D eigenvalue weighted by molar-refractivity contribution is -0.129. The zero-order chi connectivity index (χ0) is 19.3. The highest BCUT2D eigenvalue weighted by atomic mass is 16.2. The van der Waals surface area contributed by atoms with E-state index in [-0.39, 0.29) is 11.9 Å². The molecule has 144 valence electrons. The third-order valence-electron chi connectivity index (χ3n) is 5.73. The van der Waals surface area contributed by atoms with Crippen molar-refractivity contribution < 1.29 is 4.79 Å². The van der Waals surface area contributed by atoms with E-state index in [0.29, 0.717) is 5.95 Å². The van der Waals surface area contributed by atoms with Crippen molar-refractivity contribution in [1.82, 2.24) is 29.5 Å². The molecule has 5 rings (SSSR count). The molecule has 8 heteroatoms. The van der Waals surface area contributed by atoms with Gasteiger partial charge in [0.15, 0.2) is 0 Å². The molecule has 1 fully saturated rings. The summed E-state index contributed by atoms with van der Waals surface area (Å²) in [6.07, 6.45) is 3.51. The van der Waals surface area contributed by atoms with E-state index in [1.54, 1.807) is 0 Å². The second-order valence-electron chi connectivity index (χ2n) is 7.48. The van der Waals surface area contributed by atoms with Gasteiger partial charge in [-0.25, -0.2) is 4.68 Å². The SMILES string of the molecule is CC1=C(C(=O)N2CCN(C)CC2)[C@H](c2c[nH]c3ccccc23)n2ncnc2N1. The highest BCUT2D eigenvalue weighted by Crippen LogP contribution is 2.38. The van der Waals surface area contributed by atoms with Crippen molar-refractivity contribution in [3.05, 3.63) is 53.6 Å². The number of nitrogens with one attached hydrogen (secondary N) is 2. The first kappa shape index (κ1) is 17.0. The van der Waals surface area contributed by atoms with Crippen LogP contribution >= 0.6 is 0 Å². The summed E-state index contributed by atoms with van der Waals surface area (Å²) < 4.78 is 1.81. The summed E-state index contributed by atoms with van der Waals surface area (Å²) in [5.74, 6) is 0.720. The van der Waals surface area contributed by atoms with E-state index in [1.165, 1.54) is 6.33 Å². The molecule has 4 heterocycles. The molecule has 0 aliphatic carbocycles. The number of anilines is 1. The van der Waals surface area contributed by atoms with Gasteiger partial charge in [-0.05, 0) is 20.0 Å². The van der Waals surface area contributed by atoms with Gasteiger partial charge in [0.2, 0.25) is 5.95 Å². The standard InChI is InChI=1S/C20H23N7O/c1-13-17(19(28)26-9-7-25(2)8-10-26)18(27-20(24-13)22-12-23-27)15-11-21-16-6-4-3-5-14(15)16/h3-6,11-12,18,21H,7-10H2,1-2H3,(H,22,23,24)/t18-/m0/s1. The number of benzene rings is 1. The average molecular weight is 377 g/mol. The number of hydrogen-bond acceptors (Lipinski definition) is 5. The molecule has 3 aromatic rings. The Kier molecular flexibility index (Phi) is 3.94. The maximum absolute atomic E-state index is 13.6. The van der Waals surface area contributed by atoms with Gasteiger partial charge in [-0.3, -0.25) is 4.79 Å². The van der Waals surface area contributed by atoms with Gasteiger partial charge < -0.3 is 20.1 Å². The molecule has 0 bridgehead atoms. The van der Waals surface area contributed by atoms with Crippen LogP contribution in [0.5, 0.6) is 0 Å². The summed E-state index contributed by atoms with van der Waals surface area (Å²) in [7, 11) is 2.09. The summed E-state index contributed by atoms with van der Waals surface area (Å²) in [5.41, 5.74) is 3.63. The second-order valence-corrected chi connectivity index (χ2v) is 7.48. The number of carbonyl (C=O) groups excluding carboxylic acids is 1. The molecule has 1 saturated heterocycles. The van der Waals surface area contributed by atoms with Crippen molar-refractivity contribution in [2.75, 3.05) is 38.5 Å². The number of H-pyrrole nitrogens is 1. The first-order chi connectivity index (χ1) is 13.6. The number of fused-ring (bicyclic) bond motifs is 2. The molecule has 2 aliphatic rings. The Morgan fingerprint density at radius 2 is 1.96 bits per heavy atom. The van der Waals surface area contributed by atoms with Gasteiger partial charge in [0.25, 0.3) is 5.91 Å². The van der Waals surface area contributed by atoms with Gasteiger partial charge in [-0.15, -0.1) is 0 Å². The number of likely N-dealkylation sites (N-methyl/N-ethyl adjacent to an activating group) is 1. The van der Waals surface area contributed by atoms with Crippen LogP contribution in [0.15, 0.2) is 48.1 Å². The lowest BCUT2D eigenvalue weighted by Gasteiger charge is -2.36. The van der Waals surface area contributed by atoms with Crippen molar-refractivity contribution in [3.8, 4) is 0 Å². The van der Waals surface area contributed by atoms with Crippen LogP contribution in [0.3, 0.4) is 0 Å². The highest BCUT2D eigenvalue weighted by molar-refractivity contribution is 5.98. The van der Waals surface area contributed by atoms with Gasteiger partial charge in [0.1, 0.15) is 12.4 Å². The molecule has 0 spiro atoms. The Morgan fingerprint density at radius 1 is 1.18 bits per heavy atom. The fourth-order valence-electron chi connectivity index (χ4n) is 4.16. The first-order valence-corrected chi connectivity index (χ1v) is 9.54. The Hall–Kier alpha value is -3.13. The molecule has 8 nitrogen and oxygen atoms in total. The van der Waals surface area contributed by atoms with Crippen molar-refractivity contribution in [2.24, 2.45) is 0 Å². The topological polar surface area (TPSA) is 82.1 Å². The van der Waals surface area contributed by atoms with E-state index in [4.69, 9.17) is 0 Å². The minimum absolute atomic E-state index is 0.0644. The number of amides is 1. The van der Waals surface area contributed by atoms with Crippen LogP contribution in [0.25, 0.3) is 10.9 Å². The van der Waals surface area contributed by atoms with E-state index >= 15 is 0 Å². The monoisotopic (exact) mass is 377 g/mol. The predicted molar refractivity (Wildman–Crippen MR) is 107 cm³/mol. The lowest BCUT2D eigenvalue weighted by Crippen LogP contribution is -2.49. The highest BCUT2D eigenvalue weighted by Gasteiger charge is 2.37. The molecule has 0 unspecified atom stereocenters. The van der Waals surface area contributed by atoms with Gasteiger partial charge in [-0.2, -0.15) is 10.1 Å². The van der Waals surface area contributed by atoms with Crippen molar-refractivity contribution in [3.63, 3.8) is 0 Å². The Morgan fingerprint density at radius 3 is 2.79 bits per heavy atom. The summed E-state index contributed by atoms with van der Waals surface area (Å²) in [4.78, 5) is 25.4. The smallest absolute Gasteiger partial charge is 0.254 e. The van der Waals surface area contributed by atoms with Gasteiger partial charge in [0, 0.05) is 54.5 Å². The summed E-state index contributed by atoms with van der Waals surface area (Å²) in [5, 5.41) is 8.79. The van der Waals surface area contributed by atoms with Gasteiger partial charge in [0.05, 0.1) is 5.57 Å². The number of para-hydroxylation sites is 1. The largest absolute Gasteiger partial charge is 0.361 e. The Balaban J connectivity index is 1.62. The van der Waals surface area contributed by atoms with Crippen LogP contribution in [0.1, 0.15) is 18.5 Å². The minimum Gasteiger partial charge on any atom is -0.361 e. The number of aromatic amines is 1. The number of carbonyl (C=O) groups is 1. The maximum atomic E-state index is 13.6. The molecule has 2 aliphatic heterocycles. The van der Waals surface area contributed by atoms with E-state index < -0.39 is 0 Å². The van der Waals surface area contributed by atoms with E-state index in [9.17, 15) is 4.79 Å². The van der Waals surface area contributed by atoms with Crippen LogP contribution < -0.4 is 5.32 Å². The molecule has 0 saturated carbocycles. The number of piperazine rings is 1. The second kappa shape index (κ2) is 6.49. The van der Waals surface area contributed by atoms with Crippen LogP contribution in [-0.4, -0.2) is 68.7 Å². The number of aromatic nitrogens is 4. The zero-order valence-corrected chi connectivity index (χ0v) is 16.0. The Bertz CT molecular complexity index is 1070. The fraction of sp³-hybridized carbons (Fsp3) is 0.350. The van der Waals surface area contributed by atoms with Gasteiger partial charge in [-0.1, -0.05) is 18.2 Å². The molecular formula is C20H23N7O. The summed E-state index contributed by atoms with van der Waals surface area (Å²) in [6, 6.07) is 7.82. The zero-order valence-electron chi connectivity index (χ0n) is 16.0. The number of nitrogens with zero attached hydrogens (tertiary/aromatic N) is 5. The van der Waals surface area contributed by atoms with E-state index in [2.05, 4.69) is 38.4 Å². The molecule has 2 aromatic heterocycles. The van der Waals surface area contributed by atoms with Crippen LogP contribution in [0.4, 0.5) is 5.95 Å². The fourth-order valence-corrected chi connectivity index (χ4v) is 4.16. The molecule has 1 amide bonds. The third kappa shape index (κ3) is 2.60. The quantitative estimate of drug-likeness (QED) is 0.712. The van der Waals surface area contributed by atoms with Crippen molar-refractivity contribution in [2.45, 2.75) is 13.0 Å². The van der Waals surface area contributed by atoms with Crippen molar-refractivity contribution >= 4 is 22.8 Å². The number of hydrogen-bond donors (Lipinski definition) is 2. The predicted octanol–water partition coefficient (Wildman–Crippen LogP) is 1.82. The molecule has 2 N–H and O–H groups in total. The molecule has 0 radical (unpaired) electrons. The van der Waals surface area contributed by atoms with Gasteiger partial charge >= 0.3 is 0 Å². The molecule has 28 heavy (non-hydrogen) atoms. The van der Waals surface area contributed by atoms with Crippen LogP contribution in [0, 0.1) is 0 Å². The Labute approximate surface area is 162 Å². The first-order valence-electron chi connectivity index (χ1n) is 9.54. The van der Waals surface area contributed by atoms with E-state index in [0.717, 1.165) is 53.9 Å². The lowest BCUT2D eigenvalue weighted by atomic mass is 9.94. The van der Waals surface area contributed by atoms with E-state index in [1.807, 2.05) is 40.9 Å². The molecule has 1 atom stereocenters. The number of rotatable bonds is 2. The van der Waals surface area contributed by atoms with Crippen LogP contribution in [0.2, 0.25) is 0 Å². The minimum atomic E-state index is -0.318. The maximum Gasteiger partial charge on any atom is 0.254 e. The summed E-state index contributed by atoms with van der Waals surface area (Å²) >= 11 is 0. The molecule has 1 aromatic carbocycles. The summed E-state index contributed by atoms with van der Waals surface area (Å²) in [6.45, 7) is 5.19. The number of allylic oxidation sites excluding steroid dienone is 1. The normalized spacial score (nSPS) is 20.4. The average Bonchev–Trinajstić information content (AvgIpc) is 3.33. The van der Waals surface area contributed by atoms with Crippen LogP contribution in [-0.2, 0) is 4.79 Å². The molecular weight excluding hydrogens is 354 g/mol. The van der Waals surface area contributed by atoms with Crippen molar-refractivity contribution in [1.29, 1.82) is 0 Å². The third-order valence-corrected chi connectivity index (χ3v) is 5.73.